The van der Waals surface area contributed by atoms with Crippen molar-refractivity contribution in [2.75, 3.05) is 46.0 Å². The summed E-state index contributed by atoms with van der Waals surface area (Å²) in [5.41, 5.74) is 0. The van der Waals surface area contributed by atoms with Crippen molar-refractivity contribution in [3.8, 4) is 0 Å². The van der Waals surface area contributed by atoms with Crippen LogP contribution in [0.2, 0.25) is 0 Å². The molecule has 1 atom stereocenters. The zero-order valence-electron chi connectivity index (χ0n) is 13.7. The van der Waals surface area contributed by atoms with Gasteiger partial charge in [-0.05, 0) is 6.92 Å². The van der Waals surface area contributed by atoms with Gasteiger partial charge in [-0.3, -0.25) is 0 Å². The highest BCUT2D eigenvalue weighted by Gasteiger charge is 2.48. The second-order valence-corrected chi connectivity index (χ2v) is 9.92. The van der Waals surface area contributed by atoms with Crippen LogP contribution in [0.4, 0.5) is 4.79 Å². The fourth-order valence-electron chi connectivity index (χ4n) is 2.60. The smallest absolute Gasteiger partial charge is 0.245 e. The van der Waals surface area contributed by atoms with Crippen molar-refractivity contribution in [2.24, 2.45) is 0 Å². The molecular weight excluding hydrogens is 360 g/mol. The molecule has 2 heterocycles. The highest BCUT2D eigenvalue weighted by atomic mass is 32.2. The summed E-state index contributed by atoms with van der Waals surface area (Å²) in [6.45, 7) is 1.56. The normalized spacial score (nSPS) is 25.0. The van der Waals surface area contributed by atoms with E-state index < -0.39 is 37.2 Å². The molecule has 0 saturated carbocycles. The Morgan fingerprint density at radius 2 is 1.58 bits per heavy atom. The van der Waals surface area contributed by atoms with E-state index in [1.54, 1.807) is 0 Å². The summed E-state index contributed by atoms with van der Waals surface area (Å²) >= 11 is 0. The van der Waals surface area contributed by atoms with E-state index in [0.717, 1.165) is 20.0 Å². The van der Waals surface area contributed by atoms with Crippen molar-refractivity contribution < 1.29 is 31.0 Å². The molecule has 0 aromatic heterocycles. The Kier molecular flexibility index (Phi) is 5.14. The van der Waals surface area contributed by atoms with Crippen LogP contribution in [0.5, 0.6) is 0 Å². The van der Waals surface area contributed by atoms with E-state index in [0.29, 0.717) is 0 Å². The third-order valence-electron chi connectivity index (χ3n) is 4.16. The van der Waals surface area contributed by atoms with Gasteiger partial charge in [-0.1, -0.05) is 0 Å². The average Bonchev–Trinajstić information content (AvgIpc) is 2.56. The number of hydrogen-bond donors (Lipinski definition) is 0. The van der Waals surface area contributed by atoms with Gasteiger partial charge in [-0.25, -0.2) is 26.2 Å². The minimum atomic E-state index is -4.03. The van der Waals surface area contributed by atoms with Gasteiger partial charge in [0.25, 0.3) is 0 Å². The number of sulfonamides is 2. The summed E-state index contributed by atoms with van der Waals surface area (Å²) in [6, 6.07) is -0.606. The second kappa shape index (κ2) is 6.50. The first-order chi connectivity index (χ1) is 11.0. The summed E-state index contributed by atoms with van der Waals surface area (Å²) in [7, 11) is -4.80. The SMILES string of the molecule is CCS(=O)(=O)N1CCN(S(=O)(=O)C2C=[N+](C)C(=O)N(C)C2=O)CC1. The van der Waals surface area contributed by atoms with Crippen LogP contribution in [0, 0.1) is 0 Å². The maximum Gasteiger partial charge on any atom is 0.500 e. The lowest BCUT2D eigenvalue weighted by atomic mass is 10.3. The molecule has 3 amide bonds. The van der Waals surface area contributed by atoms with Gasteiger partial charge in [0.15, 0.2) is 0 Å². The van der Waals surface area contributed by atoms with Gasteiger partial charge >= 0.3 is 11.9 Å². The Bertz CT molecular complexity index is 780. The Hall–Kier alpha value is -1.37. The minimum Gasteiger partial charge on any atom is -0.245 e. The Balaban J connectivity index is 2.21. The number of nitrogens with zero attached hydrogens (tertiary/aromatic N) is 4. The second-order valence-electron chi connectivity index (χ2n) is 5.60. The molecule has 0 radical (unpaired) electrons. The molecule has 0 spiro atoms. The quantitative estimate of drug-likeness (QED) is 0.518. The fourth-order valence-corrected chi connectivity index (χ4v) is 5.43. The van der Waals surface area contributed by atoms with Gasteiger partial charge in [0.1, 0.15) is 6.21 Å². The number of imide groups is 1. The van der Waals surface area contributed by atoms with Crippen molar-refractivity contribution in [3.63, 3.8) is 0 Å². The largest absolute Gasteiger partial charge is 0.500 e. The lowest BCUT2D eigenvalue weighted by Crippen LogP contribution is -2.59. The van der Waals surface area contributed by atoms with Crippen LogP contribution >= 0.6 is 0 Å². The van der Waals surface area contributed by atoms with Gasteiger partial charge in [0, 0.05) is 26.2 Å². The number of hydrogen-bond acceptors (Lipinski definition) is 6. The first kappa shape index (κ1) is 19.0. The molecule has 1 fully saturated rings. The Labute approximate surface area is 141 Å². The van der Waals surface area contributed by atoms with Crippen LogP contribution in [-0.2, 0) is 24.8 Å². The topological polar surface area (TPSA) is 115 Å². The standard InChI is InChI=1S/C12H21N4O6S2/c1-4-23(19,20)15-5-7-16(8-6-15)24(21,22)10-9-13(2)12(18)14(3)11(10)17/h9-10H,4-8H2,1-3H3/q+1. The number of urea groups is 1. The maximum atomic E-state index is 12.7. The van der Waals surface area contributed by atoms with E-state index in [9.17, 15) is 26.4 Å². The lowest BCUT2D eigenvalue weighted by Gasteiger charge is -2.34. The molecule has 0 N–H and O–H groups in total. The van der Waals surface area contributed by atoms with E-state index in [1.807, 2.05) is 0 Å². The van der Waals surface area contributed by atoms with Crippen LogP contribution in [0.15, 0.2) is 0 Å². The molecule has 136 valence electrons. The van der Waals surface area contributed by atoms with Gasteiger partial charge in [0.05, 0.1) is 19.8 Å². The minimum absolute atomic E-state index is 0.0272. The molecule has 2 rings (SSSR count). The van der Waals surface area contributed by atoms with Gasteiger partial charge in [-0.15, -0.1) is 0 Å². The predicted molar refractivity (Wildman–Crippen MR) is 85.7 cm³/mol. The van der Waals surface area contributed by atoms with E-state index in [-0.39, 0.29) is 31.9 Å². The average molecular weight is 381 g/mol. The lowest BCUT2D eigenvalue weighted by molar-refractivity contribution is -0.399. The molecule has 0 aliphatic carbocycles. The molecule has 0 aromatic rings. The van der Waals surface area contributed by atoms with Crippen molar-refractivity contribution in [2.45, 2.75) is 12.2 Å². The van der Waals surface area contributed by atoms with Crippen molar-refractivity contribution in [1.82, 2.24) is 13.5 Å². The summed E-state index contributed by atoms with van der Waals surface area (Å²) in [5.74, 6) is -0.867. The highest BCUT2D eigenvalue weighted by molar-refractivity contribution is 7.91. The fraction of sp³-hybridized carbons (Fsp3) is 0.750. The molecule has 0 bridgehead atoms. The molecule has 12 heteroatoms. The Morgan fingerprint density at radius 3 is 2.08 bits per heavy atom. The molecule has 2 aliphatic heterocycles. The van der Waals surface area contributed by atoms with E-state index in [1.165, 1.54) is 25.3 Å². The van der Waals surface area contributed by atoms with Crippen LogP contribution in [0.25, 0.3) is 0 Å². The number of amides is 3. The van der Waals surface area contributed by atoms with Gasteiger partial charge in [0.2, 0.25) is 25.3 Å². The summed E-state index contributed by atoms with van der Waals surface area (Å²) in [4.78, 5) is 24.6. The van der Waals surface area contributed by atoms with E-state index in [4.69, 9.17) is 0 Å². The predicted octanol–water partition coefficient (Wildman–Crippen LogP) is -2.04. The highest BCUT2D eigenvalue weighted by Crippen LogP contribution is 2.17. The molecule has 24 heavy (non-hydrogen) atoms. The zero-order valence-corrected chi connectivity index (χ0v) is 15.4. The number of carbonyl (C=O) groups is 2. The van der Waals surface area contributed by atoms with Crippen LogP contribution in [-0.4, -0.2) is 104 Å². The number of carbonyl (C=O) groups excluding carboxylic acids is 2. The molecule has 10 nitrogen and oxygen atoms in total. The van der Waals surface area contributed by atoms with Crippen molar-refractivity contribution in [1.29, 1.82) is 0 Å². The number of rotatable bonds is 4. The molecule has 0 aromatic carbocycles. The summed E-state index contributed by atoms with van der Waals surface area (Å²) < 4.78 is 52.5. The first-order valence-electron chi connectivity index (χ1n) is 7.38. The Morgan fingerprint density at radius 1 is 1.08 bits per heavy atom. The van der Waals surface area contributed by atoms with Crippen molar-refractivity contribution >= 4 is 38.2 Å². The summed E-state index contributed by atoms with van der Waals surface area (Å²) in [6.07, 6.45) is 1.08. The monoisotopic (exact) mass is 381 g/mol. The van der Waals surface area contributed by atoms with Crippen LogP contribution in [0.3, 0.4) is 0 Å². The van der Waals surface area contributed by atoms with E-state index >= 15 is 0 Å². The van der Waals surface area contributed by atoms with Gasteiger partial charge < -0.3 is 0 Å². The first-order valence-corrected chi connectivity index (χ1v) is 10.5. The molecule has 2 aliphatic rings. The van der Waals surface area contributed by atoms with Gasteiger partial charge in [-0.2, -0.15) is 18.3 Å². The molecule has 1 unspecified atom stereocenters. The summed E-state index contributed by atoms with van der Waals surface area (Å²) in [5, 5.41) is -1.49. The third kappa shape index (κ3) is 3.23. The molecular formula is C12H21N4O6S2+. The van der Waals surface area contributed by atoms with E-state index in [2.05, 4.69) is 0 Å². The zero-order chi connectivity index (χ0) is 18.3. The molecule has 1 saturated heterocycles. The van der Waals surface area contributed by atoms with Crippen LogP contribution in [0.1, 0.15) is 6.92 Å². The van der Waals surface area contributed by atoms with Crippen molar-refractivity contribution in [3.05, 3.63) is 0 Å². The number of piperazine rings is 1. The third-order valence-corrected chi connectivity index (χ3v) is 8.09. The maximum absolute atomic E-state index is 12.7. The van der Waals surface area contributed by atoms with Crippen LogP contribution < -0.4 is 0 Å².